The predicted molar refractivity (Wildman–Crippen MR) is 92.4 cm³/mol. The number of nitrogens with zero attached hydrogens (tertiary/aromatic N) is 1. The Morgan fingerprint density at radius 1 is 1.13 bits per heavy atom. The zero-order valence-electron chi connectivity index (χ0n) is 13.0. The average Bonchev–Trinajstić information content (AvgIpc) is 3.01. The van der Waals surface area contributed by atoms with Crippen molar-refractivity contribution < 1.29 is 9.29 Å². The quantitative estimate of drug-likeness (QED) is 0.780. The van der Waals surface area contributed by atoms with Gasteiger partial charge in [-0.25, -0.2) is 9.37 Å². The number of quaternary nitrogens is 1. The summed E-state index contributed by atoms with van der Waals surface area (Å²) in [6.45, 7) is 2.94. The van der Waals surface area contributed by atoms with Crippen LogP contribution in [0.2, 0.25) is 0 Å². The van der Waals surface area contributed by atoms with E-state index in [0.29, 0.717) is 5.92 Å². The Morgan fingerprint density at radius 2 is 1.96 bits per heavy atom. The molecule has 0 amide bonds. The maximum Gasteiger partial charge on any atom is 0.132 e. The number of thiazole rings is 1. The number of benzene rings is 2. The molecule has 2 aromatic carbocycles. The van der Waals surface area contributed by atoms with Gasteiger partial charge >= 0.3 is 0 Å². The fourth-order valence-corrected chi connectivity index (χ4v) is 4.60. The molecule has 3 aromatic rings. The Balaban J connectivity index is 1.51. The summed E-state index contributed by atoms with van der Waals surface area (Å²) in [5.74, 6) is 0.421. The third-order valence-corrected chi connectivity index (χ3v) is 5.87. The lowest BCUT2D eigenvalue weighted by atomic mass is 9.98. The number of halogens is 1. The molecule has 23 heavy (non-hydrogen) atoms. The minimum Gasteiger partial charge on any atom is -0.331 e. The number of para-hydroxylation sites is 1. The number of nitrogens with one attached hydrogen (secondary N) is 1. The van der Waals surface area contributed by atoms with Crippen molar-refractivity contribution in [3.8, 4) is 0 Å². The molecule has 1 fully saturated rings. The molecule has 0 radical (unpaired) electrons. The Morgan fingerprint density at radius 3 is 2.83 bits per heavy atom. The molecule has 1 unspecified atom stereocenters. The molecule has 0 bridgehead atoms. The van der Waals surface area contributed by atoms with Crippen LogP contribution in [-0.2, 0) is 6.54 Å². The number of piperidine rings is 1. The van der Waals surface area contributed by atoms with Gasteiger partial charge in [0.2, 0.25) is 0 Å². The topological polar surface area (TPSA) is 17.3 Å². The second kappa shape index (κ2) is 6.38. The van der Waals surface area contributed by atoms with Crippen LogP contribution in [-0.4, -0.2) is 18.1 Å². The fourth-order valence-electron chi connectivity index (χ4n) is 3.50. The highest BCUT2D eigenvalue weighted by atomic mass is 32.1. The first-order valence-corrected chi connectivity index (χ1v) is 9.04. The summed E-state index contributed by atoms with van der Waals surface area (Å²) < 4.78 is 15.1. The number of fused-ring (bicyclic) bond motifs is 1. The van der Waals surface area contributed by atoms with E-state index < -0.39 is 0 Å². The number of hydrogen-bond donors (Lipinski definition) is 1. The lowest BCUT2D eigenvalue weighted by Gasteiger charge is -2.29. The number of aromatic nitrogens is 1. The van der Waals surface area contributed by atoms with Crippen LogP contribution in [0.4, 0.5) is 4.39 Å². The molecular formula is C19H20FN2S+. The van der Waals surface area contributed by atoms with Crippen molar-refractivity contribution in [1.82, 2.24) is 4.98 Å². The zero-order valence-corrected chi connectivity index (χ0v) is 13.8. The van der Waals surface area contributed by atoms with Crippen LogP contribution in [0.1, 0.15) is 29.3 Å². The first-order valence-electron chi connectivity index (χ1n) is 8.22. The van der Waals surface area contributed by atoms with Crippen LogP contribution in [0.15, 0.2) is 48.5 Å². The highest BCUT2D eigenvalue weighted by molar-refractivity contribution is 7.18. The van der Waals surface area contributed by atoms with E-state index in [0.717, 1.165) is 30.7 Å². The van der Waals surface area contributed by atoms with E-state index in [-0.39, 0.29) is 5.82 Å². The van der Waals surface area contributed by atoms with E-state index >= 15 is 0 Å². The van der Waals surface area contributed by atoms with Gasteiger partial charge in [-0.3, -0.25) is 0 Å². The van der Waals surface area contributed by atoms with Crippen LogP contribution in [0.5, 0.6) is 0 Å². The summed E-state index contributed by atoms with van der Waals surface area (Å²) in [6.07, 6.45) is 2.38. The predicted octanol–water partition coefficient (Wildman–Crippen LogP) is 3.40. The van der Waals surface area contributed by atoms with E-state index in [2.05, 4.69) is 18.2 Å². The maximum absolute atomic E-state index is 13.9. The largest absolute Gasteiger partial charge is 0.331 e. The van der Waals surface area contributed by atoms with Crippen molar-refractivity contribution in [3.63, 3.8) is 0 Å². The first kappa shape index (κ1) is 14.8. The normalized spacial score (nSPS) is 21.6. The maximum atomic E-state index is 13.9. The molecule has 1 aliphatic heterocycles. The third-order valence-electron chi connectivity index (χ3n) is 4.68. The van der Waals surface area contributed by atoms with Gasteiger partial charge in [-0.1, -0.05) is 30.3 Å². The van der Waals surface area contributed by atoms with E-state index in [9.17, 15) is 4.39 Å². The Labute approximate surface area is 139 Å². The molecule has 2 heterocycles. The Hall–Kier alpha value is -1.78. The highest BCUT2D eigenvalue weighted by Crippen LogP contribution is 2.30. The van der Waals surface area contributed by atoms with Crippen molar-refractivity contribution >= 4 is 21.6 Å². The molecule has 1 aliphatic rings. The third kappa shape index (κ3) is 3.14. The summed E-state index contributed by atoms with van der Waals surface area (Å²) in [5.41, 5.74) is 1.93. The smallest absolute Gasteiger partial charge is 0.132 e. The molecule has 118 valence electrons. The molecule has 2 atom stereocenters. The number of hydrogen-bond acceptors (Lipinski definition) is 2. The van der Waals surface area contributed by atoms with Gasteiger partial charge in [-0.2, -0.15) is 0 Å². The van der Waals surface area contributed by atoms with Crippen LogP contribution in [0, 0.1) is 5.82 Å². The summed E-state index contributed by atoms with van der Waals surface area (Å²) in [5, 5.41) is 1.25. The van der Waals surface area contributed by atoms with Gasteiger partial charge < -0.3 is 4.90 Å². The lowest BCUT2D eigenvalue weighted by Crippen LogP contribution is -3.12. The van der Waals surface area contributed by atoms with Crippen molar-refractivity contribution in [2.24, 2.45) is 0 Å². The van der Waals surface area contributed by atoms with Gasteiger partial charge in [0.25, 0.3) is 0 Å². The molecular weight excluding hydrogens is 307 g/mol. The number of likely N-dealkylation sites (tertiary alicyclic amines) is 1. The van der Waals surface area contributed by atoms with E-state index in [1.165, 1.54) is 27.4 Å². The van der Waals surface area contributed by atoms with Crippen LogP contribution in [0.25, 0.3) is 10.2 Å². The van der Waals surface area contributed by atoms with Gasteiger partial charge in [0.15, 0.2) is 0 Å². The van der Waals surface area contributed by atoms with Crippen LogP contribution in [0.3, 0.4) is 0 Å². The number of rotatable bonds is 3. The summed E-state index contributed by atoms with van der Waals surface area (Å²) in [7, 11) is 0. The van der Waals surface area contributed by atoms with Gasteiger partial charge in [0.05, 0.1) is 29.2 Å². The van der Waals surface area contributed by atoms with E-state index in [1.54, 1.807) is 12.1 Å². The molecule has 4 rings (SSSR count). The Bertz CT molecular complexity index is 781. The molecule has 0 saturated carbocycles. The van der Waals surface area contributed by atoms with Crippen LogP contribution < -0.4 is 4.90 Å². The van der Waals surface area contributed by atoms with Gasteiger partial charge in [-0.15, -0.1) is 11.3 Å². The average molecular weight is 327 g/mol. The molecule has 1 aromatic heterocycles. The summed E-state index contributed by atoms with van der Waals surface area (Å²) >= 11 is 1.82. The molecule has 2 nitrogen and oxygen atoms in total. The van der Waals surface area contributed by atoms with Gasteiger partial charge in [0, 0.05) is 5.56 Å². The molecule has 1 N–H and O–H groups in total. The Kier molecular flexibility index (Phi) is 4.10. The van der Waals surface area contributed by atoms with Crippen molar-refractivity contribution in [2.45, 2.75) is 25.3 Å². The first-order chi connectivity index (χ1) is 11.3. The molecule has 1 saturated heterocycles. The van der Waals surface area contributed by atoms with E-state index in [1.807, 2.05) is 29.5 Å². The lowest BCUT2D eigenvalue weighted by molar-refractivity contribution is -0.920. The second-order valence-corrected chi connectivity index (χ2v) is 7.39. The van der Waals surface area contributed by atoms with E-state index in [4.69, 9.17) is 4.98 Å². The monoisotopic (exact) mass is 327 g/mol. The molecule has 4 heteroatoms. The second-order valence-electron chi connectivity index (χ2n) is 6.33. The zero-order chi connectivity index (χ0) is 15.6. The fraction of sp³-hybridized carbons (Fsp3) is 0.316. The summed E-state index contributed by atoms with van der Waals surface area (Å²) in [4.78, 5) is 6.29. The highest BCUT2D eigenvalue weighted by Gasteiger charge is 2.27. The minimum absolute atomic E-state index is 0.0814. The van der Waals surface area contributed by atoms with Gasteiger partial charge in [-0.05, 0) is 31.0 Å². The van der Waals surface area contributed by atoms with Crippen molar-refractivity contribution in [3.05, 3.63) is 64.9 Å². The SMILES string of the molecule is Fc1ccccc1C[NH+]1CCC[C@@H](c2nc3ccccc3s2)C1. The standard InChI is InChI=1S/C19H19FN2S/c20-16-8-2-1-6-14(16)12-22-11-5-7-15(13-22)19-21-17-9-3-4-10-18(17)23-19/h1-4,6,8-10,15H,5,7,11-13H2/p+1/t15-/m1/s1. The van der Waals surface area contributed by atoms with Crippen molar-refractivity contribution in [2.75, 3.05) is 13.1 Å². The molecule has 0 spiro atoms. The molecule has 0 aliphatic carbocycles. The summed E-state index contributed by atoms with van der Waals surface area (Å²) in [6, 6.07) is 15.5. The van der Waals surface area contributed by atoms with Gasteiger partial charge in [0.1, 0.15) is 17.4 Å². The van der Waals surface area contributed by atoms with Crippen LogP contribution >= 0.6 is 11.3 Å². The van der Waals surface area contributed by atoms with Crippen molar-refractivity contribution in [1.29, 1.82) is 0 Å². The minimum atomic E-state index is -0.0814.